The van der Waals surface area contributed by atoms with Crippen LogP contribution in [-0.4, -0.2) is 38.9 Å². The third-order valence-electron chi connectivity index (χ3n) is 4.30. The number of carbonyl (C=O) groups is 1. The van der Waals surface area contributed by atoms with E-state index in [9.17, 15) is 17.6 Å². The van der Waals surface area contributed by atoms with Crippen LogP contribution in [0.15, 0.2) is 59.5 Å². The third-order valence-corrected chi connectivity index (χ3v) is 6.45. The monoisotopic (exact) mass is 424 g/mol. The average Bonchev–Trinajstić information content (AvgIpc) is 2.69. The van der Waals surface area contributed by atoms with Gasteiger partial charge < -0.3 is 5.32 Å². The number of halogens is 1. The third kappa shape index (κ3) is 6.32. The summed E-state index contributed by atoms with van der Waals surface area (Å²) in [5.41, 5.74) is 1.08. The molecule has 0 aliphatic carbocycles. The smallest absolute Gasteiger partial charge is 0.244 e. The van der Waals surface area contributed by atoms with Crippen molar-refractivity contribution in [1.82, 2.24) is 10.0 Å². The summed E-state index contributed by atoms with van der Waals surface area (Å²) in [6.45, 7) is 2.36. The highest BCUT2D eigenvalue weighted by atomic mass is 32.2. The molecule has 0 saturated carbocycles. The van der Waals surface area contributed by atoms with Crippen LogP contribution < -0.4 is 10.0 Å². The number of hydrogen-bond donors (Lipinski definition) is 2. The number of thioether (sulfide) groups is 1. The van der Waals surface area contributed by atoms with Gasteiger partial charge in [0, 0.05) is 6.54 Å². The largest absolute Gasteiger partial charge is 0.354 e. The van der Waals surface area contributed by atoms with Crippen LogP contribution in [0.4, 0.5) is 4.39 Å². The lowest BCUT2D eigenvalue weighted by Gasteiger charge is -2.20. The first-order chi connectivity index (χ1) is 13.3. The van der Waals surface area contributed by atoms with Crippen LogP contribution in [0.25, 0.3) is 0 Å². The molecular weight excluding hydrogens is 399 g/mol. The van der Waals surface area contributed by atoms with E-state index in [-0.39, 0.29) is 5.92 Å². The maximum Gasteiger partial charge on any atom is 0.244 e. The number of hydrogen-bond acceptors (Lipinski definition) is 4. The van der Waals surface area contributed by atoms with Crippen molar-refractivity contribution in [3.63, 3.8) is 0 Å². The molecule has 8 heteroatoms. The highest BCUT2D eigenvalue weighted by Gasteiger charge is 2.27. The molecule has 152 valence electrons. The van der Waals surface area contributed by atoms with Crippen molar-refractivity contribution >= 4 is 27.7 Å². The average molecular weight is 425 g/mol. The maximum atomic E-state index is 13.9. The fourth-order valence-corrected chi connectivity index (χ4v) is 4.45. The molecule has 2 unspecified atom stereocenters. The highest BCUT2D eigenvalue weighted by molar-refractivity contribution is 7.98. The minimum Gasteiger partial charge on any atom is -0.354 e. The van der Waals surface area contributed by atoms with E-state index in [1.54, 1.807) is 0 Å². The Balaban J connectivity index is 2.07. The highest BCUT2D eigenvalue weighted by Crippen LogP contribution is 2.16. The fraction of sp³-hybridized carbons (Fsp3) is 0.350. The van der Waals surface area contributed by atoms with E-state index in [1.807, 2.05) is 43.5 Å². The Bertz CT molecular complexity index is 876. The van der Waals surface area contributed by atoms with E-state index in [1.165, 1.54) is 30.0 Å². The molecule has 0 heterocycles. The van der Waals surface area contributed by atoms with Crippen molar-refractivity contribution in [3.8, 4) is 0 Å². The molecule has 0 aliphatic rings. The van der Waals surface area contributed by atoms with E-state index >= 15 is 0 Å². The van der Waals surface area contributed by atoms with Crippen LogP contribution in [0.5, 0.6) is 0 Å². The molecular formula is C20H25FN2O3S2. The predicted octanol–water partition coefficient (Wildman–Crippen LogP) is 3.15. The Morgan fingerprint density at radius 2 is 1.75 bits per heavy atom. The number of amides is 1. The number of benzene rings is 2. The van der Waals surface area contributed by atoms with Gasteiger partial charge in [0.1, 0.15) is 16.8 Å². The summed E-state index contributed by atoms with van der Waals surface area (Å²) in [5, 5.41) is 2.81. The molecule has 0 radical (unpaired) electrons. The van der Waals surface area contributed by atoms with Gasteiger partial charge in [-0.2, -0.15) is 16.5 Å². The van der Waals surface area contributed by atoms with Gasteiger partial charge in [0.25, 0.3) is 0 Å². The molecule has 0 aliphatic heterocycles. The quantitative estimate of drug-likeness (QED) is 0.614. The van der Waals surface area contributed by atoms with E-state index in [4.69, 9.17) is 0 Å². The molecule has 28 heavy (non-hydrogen) atoms. The summed E-state index contributed by atoms with van der Waals surface area (Å²) in [7, 11) is -4.15. The molecule has 0 fully saturated rings. The van der Waals surface area contributed by atoms with Gasteiger partial charge in [0.05, 0.1) is 0 Å². The molecule has 0 saturated heterocycles. The van der Waals surface area contributed by atoms with E-state index in [0.717, 1.165) is 11.6 Å². The topological polar surface area (TPSA) is 75.3 Å². The standard InChI is InChI=1S/C20H25FN2O3S2/c1-15(16-8-4-3-5-9-16)14-22-20(24)18(12-13-27-2)23-28(25,26)19-11-7-6-10-17(19)21/h3-11,15,18,23H,12-14H2,1-2H3,(H,22,24). The molecule has 2 aromatic rings. The second kappa shape index (κ2) is 10.6. The number of sulfonamides is 1. The van der Waals surface area contributed by atoms with Crippen LogP contribution in [-0.2, 0) is 14.8 Å². The van der Waals surface area contributed by atoms with Gasteiger partial charge in [0.15, 0.2) is 0 Å². The van der Waals surface area contributed by atoms with E-state index in [2.05, 4.69) is 10.0 Å². The molecule has 1 amide bonds. The number of rotatable bonds is 10. The summed E-state index contributed by atoms with van der Waals surface area (Å²) in [5.74, 6) is -0.602. The van der Waals surface area contributed by atoms with Gasteiger partial charge in [-0.25, -0.2) is 12.8 Å². The predicted molar refractivity (Wildman–Crippen MR) is 111 cm³/mol. The molecule has 2 atom stereocenters. The number of carbonyl (C=O) groups excluding carboxylic acids is 1. The minimum atomic E-state index is -4.15. The van der Waals surface area contributed by atoms with Crippen molar-refractivity contribution in [1.29, 1.82) is 0 Å². The van der Waals surface area contributed by atoms with Gasteiger partial charge >= 0.3 is 0 Å². The molecule has 0 spiro atoms. The van der Waals surface area contributed by atoms with Gasteiger partial charge in [-0.05, 0) is 42.0 Å². The van der Waals surface area contributed by atoms with Crippen molar-refractivity contribution in [2.24, 2.45) is 0 Å². The second-order valence-electron chi connectivity index (χ2n) is 6.44. The summed E-state index contributed by atoms with van der Waals surface area (Å²) < 4.78 is 41.4. The Morgan fingerprint density at radius 3 is 2.39 bits per heavy atom. The van der Waals surface area contributed by atoms with Crippen LogP contribution >= 0.6 is 11.8 Å². The van der Waals surface area contributed by atoms with Crippen molar-refractivity contribution in [2.45, 2.75) is 30.2 Å². The molecule has 0 aromatic heterocycles. The maximum absolute atomic E-state index is 13.9. The lowest BCUT2D eigenvalue weighted by Crippen LogP contribution is -2.47. The second-order valence-corrected chi connectivity index (χ2v) is 9.11. The van der Waals surface area contributed by atoms with E-state index in [0.29, 0.717) is 18.7 Å². The Kier molecular flexibility index (Phi) is 8.47. The first kappa shape index (κ1) is 22.4. The summed E-state index contributed by atoms with van der Waals surface area (Å²) in [4.78, 5) is 12.2. The zero-order valence-electron chi connectivity index (χ0n) is 15.9. The molecule has 2 aromatic carbocycles. The lowest BCUT2D eigenvalue weighted by molar-refractivity contribution is -0.122. The van der Waals surface area contributed by atoms with Crippen LogP contribution in [0.3, 0.4) is 0 Å². The van der Waals surface area contributed by atoms with Crippen LogP contribution in [0.2, 0.25) is 0 Å². The molecule has 2 N–H and O–H groups in total. The van der Waals surface area contributed by atoms with Crippen molar-refractivity contribution < 1.29 is 17.6 Å². The van der Waals surface area contributed by atoms with Gasteiger partial charge in [-0.1, -0.05) is 49.4 Å². The molecule has 5 nitrogen and oxygen atoms in total. The first-order valence-electron chi connectivity index (χ1n) is 8.93. The molecule has 2 rings (SSSR count). The summed E-state index contributed by atoms with van der Waals surface area (Å²) in [6, 6.07) is 13.9. The zero-order valence-corrected chi connectivity index (χ0v) is 17.5. The van der Waals surface area contributed by atoms with Gasteiger partial charge in [-0.3, -0.25) is 4.79 Å². The Labute approximate surface area is 170 Å². The Morgan fingerprint density at radius 1 is 1.11 bits per heavy atom. The van der Waals surface area contributed by atoms with Crippen molar-refractivity contribution in [3.05, 3.63) is 66.0 Å². The van der Waals surface area contributed by atoms with Gasteiger partial charge in [-0.15, -0.1) is 0 Å². The fourth-order valence-electron chi connectivity index (χ4n) is 2.67. The van der Waals surface area contributed by atoms with Crippen LogP contribution in [0.1, 0.15) is 24.8 Å². The van der Waals surface area contributed by atoms with Crippen molar-refractivity contribution in [2.75, 3.05) is 18.6 Å². The first-order valence-corrected chi connectivity index (χ1v) is 11.8. The normalized spacial score (nSPS) is 13.7. The summed E-state index contributed by atoms with van der Waals surface area (Å²) >= 11 is 1.50. The SMILES string of the molecule is CSCCC(NS(=O)(=O)c1ccccc1F)C(=O)NCC(C)c1ccccc1. The van der Waals surface area contributed by atoms with Crippen LogP contribution in [0, 0.1) is 5.82 Å². The van der Waals surface area contributed by atoms with E-state index < -0.39 is 32.7 Å². The molecule has 0 bridgehead atoms. The zero-order chi connectivity index (χ0) is 20.6. The Hall–Kier alpha value is -1.90. The lowest BCUT2D eigenvalue weighted by atomic mass is 10.0. The summed E-state index contributed by atoms with van der Waals surface area (Å²) in [6.07, 6.45) is 2.18. The number of nitrogens with one attached hydrogen (secondary N) is 2. The minimum absolute atomic E-state index is 0.0783. The van der Waals surface area contributed by atoms with Gasteiger partial charge in [0.2, 0.25) is 15.9 Å².